The van der Waals surface area contributed by atoms with Crippen molar-refractivity contribution < 1.29 is 9.53 Å². The normalized spacial score (nSPS) is 11.0. The number of fused-ring (bicyclic) bond motifs is 1. The molecule has 0 bridgehead atoms. The number of carbonyl (C=O) groups excluding carboxylic acids is 1. The SMILES string of the molecule is Cc1ccc(OCCn2c(CCCCCNC(=O)c3cccs3)nc3ccccc32)cc1. The van der Waals surface area contributed by atoms with E-state index >= 15 is 0 Å². The summed E-state index contributed by atoms with van der Waals surface area (Å²) in [6, 6.07) is 20.2. The Morgan fingerprint density at radius 2 is 1.88 bits per heavy atom. The summed E-state index contributed by atoms with van der Waals surface area (Å²) in [5, 5.41) is 4.92. The second-order valence-electron chi connectivity index (χ2n) is 7.87. The van der Waals surface area contributed by atoms with Gasteiger partial charge in [-0.05, 0) is 55.5 Å². The molecule has 0 saturated carbocycles. The highest BCUT2D eigenvalue weighted by molar-refractivity contribution is 7.12. The molecule has 0 unspecified atom stereocenters. The molecule has 0 fully saturated rings. The first-order valence-electron chi connectivity index (χ1n) is 11.2. The fourth-order valence-corrected chi connectivity index (χ4v) is 4.38. The molecular formula is C26H29N3O2S. The van der Waals surface area contributed by atoms with E-state index in [1.165, 1.54) is 16.9 Å². The number of nitrogens with zero attached hydrogens (tertiary/aromatic N) is 2. The second kappa shape index (κ2) is 11.0. The Morgan fingerprint density at radius 1 is 1.03 bits per heavy atom. The number of nitrogens with one attached hydrogen (secondary N) is 1. The van der Waals surface area contributed by atoms with Crippen molar-refractivity contribution in [3.63, 3.8) is 0 Å². The Bertz CT molecular complexity index is 1130. The standard InChI is InChI=1S/C26H29N3O2S/c1-20-12-14-21(15-13-20)31-18-17-29-23-9-5-4-8-22(23)28-25(29)11-3-2-6-16-27-26(30)24-10-7-19-32-24/h4-5,7-10,12-15,19H,2-3,6,11,16-18H2,1H3,(H,27,30). The van der Waals surface area contributed by atoms with E-state index in [9.17, 15) is 4.79 Å². The van der Waals surface area contributed by atoms with Gasteiger partial charge in [-0.1, -0.05) is 42.3 Å². The maximum Gasteiger partial charge on any atom is 0.261 e. The number of rotatable bonds is 11. The highest BCUT2D eigenvalue weighted by Gasteiger charge is 2.11. The molecule has 6 heteroatoms. The van der Waals surface area contributed by atoms with Gasteiger partial charge >= 0.3 is 0 Å². The molecule has 166 valence electrons. The molecule has 5 nitrogen and oxygen atoms in total. The van der Waals surface area contributed by atoms with Crippen molar-refractivity contribution in [2.75, 3.05) is 13.2 Å². The summed E-state index contributed by atoms with van der Waals surface area (Å²) in [7, 11) is 0. The van der Waals surface area contributed by atoms with Crippen LogP contribution in [-0.2, 0) is 13.0 Å². The maximum atomic E-state index is 12.0. The predicted octanol–water partition coefficient (Wildman–Crippen LogP) is 5.63. The molecule has 2 aromatic carbocycles. The smallest absolute Gasteiger partial charge is 0.261 e. The lowest BCUT2D eigenvalue weighted by molar-refractivity contribution is 0.0957. The Balaban J connectivity index is 1.28. The number of hydrogen-bond acceptors (Lipinski definition) is 4. The van der Waals surface area contributed by atoms with Gasteiger partial charge in [-0.2, -0.15) is 0 Å². The Labute approximate surface area is 193 Å². The summed E-state index contributed by atoms with van der Waals surface area (Å²) in [4.78, 5) is 17.6. The lowest BCUT2D eigenvalue weighted by Crippen LogP contribution is -2.23. The monoisotopic (exact) mass is 447 g/mol. The minimum atomic E-state index is 0.0235. The van der Waals surface area contributed by atoms with Gasteiger partial charge in [0.05, 0.1) is 22.5 Å². The largest absolute Gasteiger partial charge is 0.492 e. The second-order valence-corrected chi connectivity index (χ2v) is 8.82. The summed E-state index contributed by atoms with van der Waals surface area (Å²) in [5.74, 6) is 2.02. The van der Waals surface area contributed by atoms with Crippen LogP contribution in [0.15, 0.2) is 66.0 Å². The average molecular weight is 448 g/mol. The van der Waals surface area contributed by atoms with Crippen molar-refractivity contribution >= 4 is 28.3 Å². The molecule has 0 aliphatic heterocycles. The lowest BCUT2D eigenvalue weighted by Gasteiger charge is -2.11. The van der Waals surface area contributed by atoms with Gasteiger partial charge in [0, 0.05) is 13.0 Å². The van der Waals surface area contributed by atoms with Crippen LogP contribution < -0.4 is 10.1 Å². The zero-order valence-corrected chi connectivity index (χ0v) is 19.2. The van der Waals surface area contributed by atoms with Crippen molar-refractivity contribution in [1.82, 2.24) is 14.9 Å². The van der Waals surface area contributed by atoms with Gasteiger partial charge in [-0.15, -0.1) is 11.3 Å². The number of amides is 1. The first-order valence-corrected chi connectivity index (χ1v) is 12.0. The summed E-state index contributed by atoms with van der Waals surface area (Å²) in [5.41, 5.74) is 3.41. The third-order valence-electron chi connectivity index (χ3n) is 5.45. The van der Waals surface area contributed by atoms with E-state index in [1.54, 1.807) is 0 Å². The molecule has 0 saturated heterocycles. The van der Waals surface area contributed by atoms with Crippen molar-refractivity contribution in [2.24, 2.45) is 0 Å². The molecule has 1 N–H and O–H groups in total. The summed E-state index contributed by atoms with van der Waals surface area (Å²) >= 11 is 1.47. The number of unbranched alkanes of at least 4 members (excludes halogenated alkanes) is 2. The molecule has 4 rings (SSSR count). The number of imidazole rings is 1. The molecule has 0 radical (unpaired) electrons. The highest BCUT2D eigenvalue weighted by Crippen LogP contribution is 2.19. The van der Waals surface area contributed by atoms with E-state index < -0.39 is 0 Å². The Hall–Kier alpha value is -3.12. The molecule has 4 aromatic rings. The molecule has 0 aliphatic carbocycles. The molecule has 0 aliphatic rings. The van der Waals surface area contributed by atoms with Crippen LogP contribution in [0.2, 0.25) is 0 Å². The summed E-state index contributed by atoms with van der Waals surface area (Å²) in [6.45, 7) is 4.15. The Kier molecular flexibility index (Phi) is 7.56. The molecular weight excluding hydrogens is 418 g/mol. The number of benzene rings is 2. The topological polar surface area (TPSA) is 56.1 Å². The van der Waals surface area contributed by atoms with E-state index in [4.69, 9.17) is 9.72 Å². The van der Waals surface area contributed by atoms with Gasteiger partial charge in [-0.25, -0.2) is 4.98 Å². The van der Waals surface area contributed by atoms with Gasteiger partial charge in [0.25, 0.3) is 5.91 Å². The minimum Gasteiger partial charge on any atom is -0.492 e. The first-order chi connectivity index (χ1) is 15.7. The molecule has 32 heavy (non-hydrogen) atoms. The van der Waals surface area contributed by atoms with Gasteiger partial charge in [0.15, 0.2) is 0 Å². The number of carbonyl (C=O) groups is 1. The lowest BCUT2D eigenvalue weighted by atomic mass is 10.2. The summed E-state index contributed by atoms with van der Waals surface area (Å²) < 4.78 is 8.24. The van der Waals surface area contributed by atoms with Gasteiger partial charge in [-0.3, -0.25) is 4.79 Å². The number of ether oxygens (including phenoxy) is 1. The summed E-state index contributed by atoms with van der Waals surface area (Å²) in [6.07, 6.45) is 3.97. The van der Waals surface area contributed by atoms with Crippen LogP contribution in [0.5, 0.6) is 5.75 Å². The quantitative estimate of drug-likeness (QED) is 0.303. The molecule has 2 aromatic heterocycles. The van der Waals surface area contributed by atoms with Crippen LogP contribution in [0.3, 0.4) is 0 Å². The van der Waals surface area contributed by atoms with Crippen molar-refractivity contribution in [2.45, 2.75) is 39.2 Å². The number of thiophene rings is 1. The van der Waals surface area contributed by atoms with Crippen molar-refractivity contribution in [1.29, 1.82) is 0 Å². The average Bonchev–Trinajstić information content (AvgIpc) is 3.46. The molecule has 0 spiro atoms. The molecule has 0 atom stereocenters. The first kappa shape index (κ1) is 22.1. The third kappa shape index (κ3) is 5.77. The number of aromatic nitrogens is 2. The van der Waals surface area contributed by atoms with Crippen LogP contribution in [-0.4, -0.2) is 28.6 Å². The number of para-hydroxylation sites is 2. The fraction of sp³-hybridized carbons (Fsp3) is 0.308. The van der Waals surface area contributed by atoms with E-state index in [2.05, 4.69) is 47.1 Å². The fourth-order valence-electron chi connectivity index (χ4n) is 3.74. The molecule has 2 heterocycles. The van der Waals surface area contributed by atoms with Crippen LogP contribution in [0.25, 0.3) is 11.0 Å². The zero-order valence-electron chi connectivity index (χ0n) is 18.4. The maximum absolute atomic E-state index is 12.0. The predicted molar refractivity (Wildman–Crippen MR) is 131 cm³/mol. The van der Waals surface area contributed by atoms with Crippen LogP contribution in [0.1, 0.15) is 40.3 Å². The van der Waals surface area contributed by atoms with E-state index in [0.29, 0.717) is 13.2 Å². The Morgan fingerprint density at radius 3 is 2.69 bits per heavy atom. The van der Waals surface area contributed by atoms with Crippen LogP contribution in [0, 0.1) is 6.92 Å². The van der Waals surface area contributed by atoms with E-state index in [1.807, 2.05) is 35.7 Å². The third-order valence-corrected chi connectivity index (χ3v) is 6.31. The van der Waals surface area contributed by atoms with E-state index in [-0.39, 0.29) is 5.91 Å². The van der Waals surface area contributed by atoms with E-state index in [0.717, 1.165) is 59.7 Å². The van der Waals surface area contributed by atoms with Crippen molar-refractivity contribution in [3.05, 3.63) is 82.3 Å². The van der Waals surface area contributed by atoms with Crippen LogP contribution in [0.4, 0.5) is 0 Å². The molecule has 1 amide bonds. The zero-order chi connectivity index (χ0) is 22.2. The minimum absolute atomic E-state index is 0.0235. The number of hydrogen-bond donors (Lipinski definition) is 1. The van der Waals surface area contributed by atoms with Crippen molar-refractivity contribution in [3.8, 4) is 5.75 Å². The van der Waals surface area contributed by atoms with Gasteiger partial charge in [0.1, 0.15) is 18.2 Å². The van der Waals surface area contributed by atoms with Gasteiger partial charge < -0.3 is 14.6 Å². The van der Waals surface area contributed by atoms with Gasteiger partial charge in [0.2, 0.25) is 0 Å². The number of aryl methyl sites for hydroxylation is 2. The highest BCUT2D eigenvalue weighted by atomic mass is 32.1. The van der Waals surface area contributed by atoms with Crippen LogP contribution >= 0.6 is 11.3 Å².